The molecule has 1 aromatic carbocycles. The third-order valence-corrected chi connectivity index (χ3v) is 3.51. The topological polar surface area (TPSA) is 0 Å². The zero-order chi connectivity index (χ0) is 10.8. The molecule has 0 spiro atoms. The second-order valence-corrected chi connectivity index (χ2v) is 4.72. The minimum atomic E-state index is 1.16. The highest BCUT2D eigenvalue weighted by atomic mass is 32.1. The molecule has 0 bridgehead atoms. The predicted molar refractivity (Wildman–Crippen MR) is 70.5 cm³/mol. The quantitative estimate of drug-likeness (QED) is 0.684. The molecular formula is C14H14S. The minimum Gasteiger partial charge on any atom is -0.136 e. The van der Waals surface area contributed by atoms with Crippen molar-refractivity contribution in [3.63, 3.8) is 0 Å². The minimum absolute atomic E-state index is 1.16. The summed E-state index contributed by atoms with van der Waals surface area (Å²) in [5.41, 5.74) is 1.29. The van der Waals surface area contributed by atoms with Crippen molar-refractivity contribution in [2.45, 2.75) is 13.8 Å². The molecule has 0 radical (unpaired) electrons. The molecule has 0 atom stereocenters. The summed E-state index contributed by atoms with van der Waals surface area (Å²) in [7, 11) is 0. The lowest BCUT2D eigenvalue weighted by Gasteiger charge is -1.91. The normalized spacial score (nSPS) is 13.7. The number of fused-ring (bicyclic) bond motifs is 1. The molecule has 2 rings (SSSR count). The smallest absolute Gasteiger partial charge is 0.0355 e. The van der Waals surface area contributed by atoms with Crippen LogP contribution < -0.4 is 9.75 Å². The Morgan fingerprint density at radius 1 is 1.33 bits per heavy atom. The molecule has 15 heavy (non-hydrogen) atoms. The number of rotatable bonds is 1. The average Bonchev–Trinajstić information content (AvgIpc) is 2.54. The van der Waals surface area contributed by atoms with E-state index in [-0.39, 0.29) is 0 Å². The van der Waals surface area contributed by atoms with Crippen LogP contribution in [0.25, 0.3) is 22.2 Å². The van der Waals surface area contributed by atoms with Crippen LogP contribution in [0.2, 0.25) is 0 Å². The molecule has 0 saturated carbocycles. The summed E-state index contributed by atoms with van der Waals surface area (Å²) in [6, 6.07) is 8.48. The van der Waals surface area contributed by atoms with E-state index in [2.05, 4.69) is 49.9 Å². The second kappa shape index (κ2) is 4.03. The predicted octanol–water partition coefficient (Wildman–Crippen LogP) is 3.06. The van der Waals surface area contributed by atoms with E-state index in [1.807, 2.05) is 6.92 Å². The van der Waals surface area contributed by atoms with E-state index in [1.165, 1.54) is 20.9 Å². The molecule has 0 unspecified atom stereocenters. The van der Waals surface area contributed by atoms with E-state index in [0.29, 0.717) is 0 Å². The average molecular weight is 214 g/mol. The number of thiophene rings is 1. The van der Waals surface area contributed by atoms with Crippen LogP contribution in [0.4, 0.5) is 0 Å². The van der Waals surface area contributed by atoms with Gasteiger partial charge in [-0.1, -0.05) is 36.9 Å². The molecule has 0 fully saturated rings. The Morgan fingerprint density at radius 2 is 2.07 bits per heavy atom. The van der Waals surface area contributed by atoms with Crippen LogP contribution in [0.1, 0.15) is 13.8 Å². The third kappa shape index (κ3) is 1.75. The fourth-order valence-electron chi connectivity index (χ4n) is 1.86. The summed E-state index contributed by atoms with van der Waals surface area (Å²) >= 11 is 1.77. The van der Waals surface area contributed by atoms with Crippen molar-refractivity contribution in [1.82, 2.24) is 0 Å². The second-order valence-electron chi connectivity index (χ2n) is 3.58. The molecule has 0 nitrogen and oxygen atoms in total. The first-order valence-electron chi connectivity index (χ1n) is 5.04. The molecule has 0 amide bonds. The van der Waals surface area contributed by atoms with Gasteiger partial charge in [-0.15, -0.1) is 11.3 Å². The standard InChI is InChI=1S/C14H14S/c1-4-7-10(2)14-11(3)15-13-9-6-5-8-12(13)14/h4-9H,3H2,1-2H3/b7-4-,14-10+. The SMILES string of the molecule is C=c1sc2ccccc2/c1=C(C)/C=C\C. The third-order valence-electron chi connectivity index (χ3n) is 2.48. The van der Waals surface area contributed by atoms with Crippen LogP contribution in [0.15, 0.2) is 36.4 Å². The van der Waals surface area contributed by atoms with Gasteiger partial charge < -0.3 is 0 Å². The maximum Gasteiger partial charge on any atom is 0.0355 e. The van der Waals surface area contributed by atoms with E-state index < -0.39 is 0 Å². The lowest BCUT2D eigenvalue weighted by atomic mass is 10.1. The molecule has 1 heteroatoms. The Hall–Kier alpha value is -1.34. The van der Waals surface area contributed by atoms with Gasteiger partial charge in [0.15, 0.2) is 0 Å². The monoisotopic (exact) mass is 214 g/mol. The number of hydrogen-bond donors (Lipinski definition) is 0. The van der Waals surface area contributed by atoms with Crippen LogP contribution in [-0.4, -0.2) is 0 Å². The molecule has 0 saturated heterocycles. The van der Waals surface area contributed by atoms with Crippen molar-refractivity contribution in [1.29, 1.82) is 0 Å². The lowest BCUT2D eigenvalue weighted by Crippen LogP contribution is -2.18. The van der Waals surface area contributed by atoms with Crippen molar-refractivity contribution >= 4 is 33.6 Å². The number of benzene rings is 1. The van der Waals surface area contributed by atoms with Gasteiger partial charge in [-0.3, -0.25) is 0 Å². The van der Waals surface area contributed by atoms with Crippen LogP contribution in [0.5, 0.6) is 0 Å². The Morgan fingerprint density at radius 3 is 2.80 bits per heavy atom. The summed E-state index contributed by atoms with van der Waals surface area (Å²) in [5, 5.41) is 2.62. The van der Waals surface area contributed by atoms with Gasteiger partial charge in [0.25, 0.3) is 0 Å². The molecular weight excluding hydrogens is 200 g/mol. The first-order valence-corrected chi connectivity index (χ1v) is 5.86. The Labute approximate surface area is 93.9 Å². The van der Waals surface area contributed by atoms with Gasteiger partial charge in [-0.2, -0.15) is 0 Å². The van der Waals surface area contributed by atoms with E-state index in [1.54, 1.807) is 11.3 Å². The zero-order valence-electron chi connectivity index (χ0n) is 9.08. The summed E-state index contributed by atoms with van der Waals surface area (Å²) in [5.74, 6) is 0. The van der Waals surface area contributed by atoms with Gasteiger partial charge in [0.2, 0.25) is 0 Å². The van der Waals surface area contributed by atoms with E-state index in [4.69, 9.17) is 0 Å². The largest absolute Gasteiger partial charge is 0.136 e. The van der Waals surface area contributed by atoms with Crippen molar-refractivity contribution < 1.29 is 0 Å². The molecule has 1 heterocycles. The van der Waals surface area contributed by atoms with Crippen LogP contribution in [0.3, 0.4) is 0 Å². The van der Waals surface area contributed by atoms with Gasteiger partial charge in [0, 0.05) is 19.8 Å². The van der Waals surface area contributed by atoms with Crippen molar-refractivity contribution in [3.05, 3.63) is 46.2 Å². The van der Waals surface area contributed by atoms with E-state index in [0.717, 1.165) is 4.53 Å². The van der Waals surface area contributed by atoms with Crippen molar-refractivity contribution in [3.8, 4) is 0 Å². The molecule has 0 aliphatic rings. The number of hydrogen-bond acceptors (Lipinski definition) is 1. The maximum absolute atomic E-state index is 4.12. The summed E-state index contributed by atoms with van der Waals surface area (Å²) < 4.78 is 2.48. The number of allylic oxidation sites excluding steroid dienone is 2. The molecule has 0 aliphatic heterocycles. The van der Waals surface area contributed by atoms with Gasteiger partial charge in [-0.25, -0.2) is 0 Å². The Bertz CT molecular complexity index is 614. The summed E-state index contributed by atoms with van der Waals surface area (Å²) in [6.45, 7) is 8.31. The molecule has 1 aromatic heterocycles. The molecule has 2 aromatic rings. The van der Waals surface area contributed by atoms with Crippen molar-refractivity contribution in [2.24, 2.45) is 0 Å². The van der Waals surface area contributed by atoms with Crippen molar-refractivity contribution in [2.75, 3.05) is 0 Å². The summed E-state index contributed by atoms with van der Waals surface area (Å²) in [6.07, 6.45) is 4.21. The highest BCUT2D eigenvalue weighted by Crippen LogP contribution is 2.13. The van der Waals surface area contributed by atoms with Gasteiger partial charge in [0.1, 0.15) is 0 Å². The van der Waals surface area contributed by atoms with E-state index >= 15 is 0 Å². The van der Waals surface area contributed by atoms with Gasteiger partial charge in [-0.05, 0) is 25.5 Å². The van der Waals surface area contributed by atoms with E-state index in [9.17, 15) is 0 Å². The first kappa shape index (κ1) is 10.2. The maximum atomic E-state index is 4.12. The Kier molecular flexibility index (Phi) is 2.74. The highest BCUT2D eigenvalue weighted by Gasteiger charge is 1.99. The highest BCUT2D eigenvalue weighted by molar-refractivity contribution is 7.17. The fourth-order valence-corrected chi connectivity index (χ4v) is 2.93. The molecule has 76 valence electrons. The zero-order valence-corrected chi connectivity index (χ0v) is 9.90. The molecule has 0 N–H and O–H groups in total. The lowest BCUT2D eigenvalue weighted by molar-refractivity contribution is 1.61. The Balaban J connectivity index is 2.98. The van der Waals surface area contributed by atoms with Crippen LogP contribution in [-0.2, 0) is 0 Å². The van der Waals surface area contributed by atoms with Gasteiger partial charge in [0.05, 0.1) is 0 Å². The first-order chi connectivity index (χ1) is 7.24. The van der Waals surface area contributed by atoms with Crippen LogP contribution >= 0.6 is 11.3 Å². The fraction of sp³-hybridized carbons (Fsp3) is 0.143. The van der Waals surface area contributed by atoms with Gasteiger partial charge >= 0.3 is 0 Å². The van der Waals surface area contributed by atoms with Crippen LogP contribution in [0, 0.1) is 0 Å². The molecule has 0 aliphatic carbocycles. The summed E-state index contributed by atoms with van der Waals surface area (Å²) in [4.78, 5) is 0.